The fraction of sp³-hybridized carbons (Fsp3) is 0.300. The van der Waals surface area contributed by atoms with Crippen LogP contribution < -0.4 is 4.72 Å². The Bertz CT molecular complexity index is 549. The summed E-state index contributed by atoms with van der Waals surface area (Å²) in [4.78, 5) is -0.430. The highest BCUT2D eigenvalue weighted by Crippen LogP contribution is 2.17. The van der Waals surface area contributed by atoms with E-state index in [1.165, 1.54) is 19.1 Å². The molecular formula is C10H11FN2O3S. The number of hydrogen-bond acceptors (Lipinski definition) is 4. The Labute approximate surface area is 98.6 Å². The summed E-state index contributed by atoms with van der Waals surface area (Å²) >= 11 is 0. The molecule has 0 aliphatic carbocycles. The minimum atomic E-state index is -3.99. The first kappa shape index (κ1) is 13.6. The van der Waals surface area contributed by atoms with Gasteiger partial charge in [-0.1, -0.05) is 6.07 Å². The molecule has 92 valence electrons. The van der Waals surface area contributed by atoms with Gasteiger partial charge in [0.2, 0.25) is 10.0 Å². The van der Waals surface area contributed by atoms with Gasteiger partial charge in [0.15, 0.2) is 0 Å². The van der Waals surface area contributed by atoms with E-state index in [9.17, 15) is 12.8 Å². The Balaban J connectivity index is 3.17. The van der Waals surface area contributed by atoms with Gasteiger partial charge < -0.3 is 5.11 Å². The third-order valence-corrected chi connectivity index (χ3v) is 3.41. The second kappa shape index (κ2) is 5.23. The highest BCUT2D eigenvalue weighted by atomic mass is 32.2. The lowest BCUT2D eigenvalue weighted by Gasteiger charge is -2.09. The lowest BCUT2D eigenvalue weighted by molar-refractivity contribution is 0.198. The number of aliphatic hydroxyl groups excluding tert-OH is 1. The average molecular weight is 258 g/mol. The van der Waals surface area contributed by atoms with E-state index in [2.05, 4.69) is 4.72 Å². The smallest absolute Gasteiger partial charge is 0.242 e. The van der Waals surface area contributed by atoms with Gasteiger partial charge in [-0.15, -0.1) is 0 Å². The molecule has 1 rings (SSSR count). The summed E-state index contributed by atoms with van der Waals surface area (Å²) in [5, 5.41) is 17.7. The van der Waals surface area contributed by atoms with E-state index in [-0.39, 0.29) is 6.54 Å². The molecule has 0 fully saturated rings. The monoisotopic (exact) mass is 258 g/mol. The van der Waals surface area contributed by atoms with Crippen molar-refractivity contribution in [1.29, 1.82) is 5.26 Å². The zero-order valence-electron chi connectivity index (χ0n) is 9.01. The molecule has 0 heterocycles. The summed E-state index contributed by atoms with van der Waals surface area (Å²) in [6.07, 6.45) is -0.871. The van der Waals surface area contributed by atoms with E-state index in [1.807, 2.05) is 0 Å². The number of benzene rings is 1. The minimum absolute atomic E-state index is 0.205. The lowest BCUT2D eigenvalue weighted by Crippen LogP contribution is -2.31. The molecule has 0 aliphatic heterocycles. The van der Waals surface area contributed by atoms with Crippen molar-refractivity contribution in [3.63, 3.8) is 0 Å². The van der Waals surface area contributed by atoms with Gasteiger partial charge in [0.1, 0.15) is 22.3 Å². The van der Waals surface area contributed by atoms with Crippen LogP contribution in [0.2, 0.25) is 0 Å². The highest BCUT2D eigenvalue weighted by molar-refractivity contribution is 7.89. The minimum Gasteiger partial charge on any atom is -0.392 e. The number of halogens is 1. The van der Waals surface area contributed by atoms with Crippen molar-refractivity contribution in [1.82, 2.24) is 4.72 Å². The molecule has 0 spiro atoms. The second-order valence-corrected chi connectivity index (χ2v) is 5.16. The number of aliphatic hydroxyl groups is 1. The normalized spacial score (nSPS) is 13.1. The Kier molecular flexibility index (Phi) is 4.17. The van der Waals surface area contributed by atoms with E-state index in [0.29, 0.717) is 0 Å². The van der Waals surface area contributed by atoms with Crippen molar-refractivity contribution in [2.24, 2.45) is 0 Å². The van der Waals surface area contributed by atoms with Crippen LogP contribution >= 0.6 is 0 Å². The van der Waals surface area contributed by atoms with Crippen molar-refractivity contribution in [2.45, 2.75) is 17.9 Å². The molecule has 5 nitrogen and oxygen atoms in total. The standard InChI is InChI=1S/C10H11FN2O3S/c1-7(14)6-13-17(15,16)10-4-2-3-9(11)8(10)5-12/h2-4,7,13-14H,6H2,1H3/t7-/m1/s1. The quantitative estimate of drug-likeness (QED) is 0.815. The fourth-order valence-electron chi connectivity index (χ4n) is 1.14. The summed E-state index contributed by atoms with van der Waals surface area (Å²) < 4.78 is 38.8. The highest BCUT2D eigenvalue weighted by Gasteiger charge is 2.21. The number of nitriles is 1. The maximum absolute atomic E-state index is 13.2. The summed E-state index contributed by atoms with van der Waals surface area (Å²) in [5.41, 5.74) is -0.536. The van der Waals surface area contributed by atoms with E-state index < -0.39 is 32.4 Å². The number of sulfonamides is 1. The van der Waals surface area contributed by atoms with Crippen LogP contribution in [0.25, 0.3) is 0 Å². The lowest BCUT2D eigenvalue weighted by atomic mass is 10.2. The predicted octanol–water partition coefficient (Wildman–Crippen LogP) is 0.356. The van der Waals surface area contributed by atoms with Crippen LogP contribution in [0.1, 0.15) is 12.5 Å². The topological polar surface area (TPSA) is 90.2 Å². The summed E-state index contributed by atoms with van der Waals surface area (Å²) in [5.74, 6) is -0.896. The van der Waals surface area contributed by atoms with Gasteiger partial charge in [-0.2, -0.15) is 5.26 Å². The molecule has 7 heteroatoms. The summed E-state index contributed by atoms with van der Waals surface area (Å²) in [6.45, 7) is 1.20. The van der Waals surface area contributed by atoms with Crippen molar-refractivity contribution in [3.8, 4) is 6.07 Å². The zero-order chi connectivity index (χ0) is 13.1. The Morgan fingerprint density at radius 2 is 2.24 bits per heavy atom. The van der Waals surface area contributed by atoms with Gasteiger partial charge in [0.05, 0.1) is 6.10 Å². The van der Waals surface area contributed by atoms with Gasteiger partial charge in [-0.3, -0.25) is 0 Å². The first-order chi connectivity index (χ1) is 7.88. The van der Waals surface area contributed by atoms with Gasteiger partial charge in [0, 0.05) is 6.54 Å². The van der Waals surface area contributed by atoms with Gasteiger partial charge in [-0.05, 0) is 19.1 Å². The van der Waals surface area contributed by atoms with Gasteiger partial charge in [0.25, 0.3) is 0 Å². The molecule has 1 aromatic rings. The van der Waals surface area contributed by atoms with Gasteiger partial charge in [-0.25, -0.2) is 17.5 Å². The molecule has 1 atom stereocenters. The number of nitrogens with one attached hydrogen (secondary N) is 1. The maximum atomic E-state index is 13.2. The molecular weight excluding hydrogens is 247 g/mol. The second-order valence-electron chi connectivity index (χ2n) is 3.43. The molecule has 0 aromatic heterocycles. The molecule has 1 aromatic carbocycles. The van der Waals surface area contributed by atoms with Crippen LogP contribution in [-0.2, 0) is 10.0 Å². The molecule has 0 amide bonds. The third kappa shape index (κ3) is 3.23. The molecule has 0 saturated carbocycles. The molecule has 0 aliphatic rings. The summed E-state index contributed by atoms with van der Waals surface area (Å²) in [6, 6.07) is 4.84. The van der Waals surface area contributed by atoms with Crippen LogP contribution in [0.4, 0.5) is 4.39 Å². The van der Waals surface area contributed by atoms with Crippen LogP contribution in [0.3, 0.4) is 0 Å². The van der Waals surface area contributed by atoms with E-state index >= 15 is 0 Å². The molecule has 0 radical (unpaired) electrons. The largest absolute Gasteiger partial charge is 0.392 e. The summed E-state index contributed by atoms with van der Waals surface area (Å²) in [7, 11) is -3.99. The van der Waals surface area contributed by atoms with Crippen LogP contribution in [0, 0.1) is 17.1 Å². The van der Waals surface area contributed by atoms with Crippen molar-refractivity contribution in [2.75, 3.05) is 6.54 Å². The van der Waals surface area contributed by atoms with Crippen molar-refractivity contribution in [3.05, 3.63) is 29.6 Å². The zero-order valence-corrected chi connectivity index (χ0v) is 9.83. The third-order valence-electron chi connectivity index (χ3n) is 1.95. The molecule has 17 heavy (non-hydrogen) atoms. The van der Waals surface area contributed by atoms with Crippen LogP contribution in [-0.4, -0.2) is 26.2 Å². The molecule has 2 N–H and O–H groups in total. The molecule has 0 bridgehead atoms. The molecule has 0 saturated heterocycles. The fourth-order valence-corrected chi connectivity index (χ4v) is 2.43. The van der Waals surface area contributed by atoms with E-state index in [0.717, 1.165) is 12.1 Å². The number of hydrogen-bond donors (Lipinski definition) is 2. The maximum Gasteiger partial charge on any atom is 0.242 e. The van der Waals surface area contributed by atoms with Crippen LogP contribution in [0.5, 0.6) is 0 Å². The van der Waals surface area contributed by atoms with Crippen molar-refractivity contribution < 1.29 is 17.9 Å². The first-order valence-electron chi connectivity index (χ1n) is 4.75. The Morgan fingerprint density at radius 1 is 1.59 bits per heavy atom. The SMILES string of the molecule is C[C@@H](O)CNS(=O)(=O)c1cccc(F)c1C#N. The van der Waals surface area contributed by atoms with Crippen LogP contribution in [0.15, 0.2) is 23.1 Å². The Morgan fingerprint density at radius 3 is 2.76 bits per heavy atom. The predicted molar refractivity (Wildman–Crippen MR) is 58.0 cm³/mol. The first-order valence-corrected chi connectivity index (χ1v) is 6.23. The number of nitrogens with zero attached hydrogens (tertiary/aromatic N) is 1. The Hall–Kier alpha value is -1.49. The van der Waals surface area contributed by atoms with E-state index in [4.69, 9.17) is 10.4 Å². The van der Waals surface area contributed by atoms with Crippen molar-refractivity contribution >= 4 is 10.0 Å². The number of rotatable bonds is 4. The van der Waals surface area contributed by atoms with Gasteiger partial charge >= 0.3 is 0 Å². The molecule has 0 unspecified atom stereocenters. The average Bonchev–Trinajstić information content (AvgIpc) is 2.26. The van der Waals surface area contributed by atoms with E-state index in [1.54, 1.807) is 0 Å².